The second-order valence-electron chi connectivity index (χ2n) is 4.65. The number of nitrogens with two attached hydrogens (primary N) is 1. The molecule has 1 unspecified atom stereocenters. The molecule has 1 saturated heterocycles. The molecule has 1 aromatic rings. The zero-order valence-electron chi connectivity index (χ0n) is 11.7. The Morgan fingerprint density at radius 3 is 3.05 bits per heavy atom. The molecular formula is C11H19N5O4S. The number of aromatic amines is 1. The maximum absolute atomic E-state index is 12.6. The minimum Gasteiger partial charge on any atom is -0.383 e. The quantitative estimate of drug-likeness (QED) is 0.632. The number of hydrogen-bond donors (Lipinski definition) is 3. The monoisotopic (exact) mass is 317 g/mol. The van der Waals surface area contributed by atoms with Gasteiger partial charge in [0, 0.05) is 13.1 Å². The van der Waals surface area contributed by atoms with E-state index in [0.29, 0.717) is 6.54 Å². The predicted octanol–water partition coefficient (Wildman–Crippen LogP) is -1.09. The number of ether oxygens (including phenoxy) is 1. The molecule has 0 bridgehead atoms. The van der Waals surface area contributed by atoms with Crippen molar-refractivity contribution in [3.63, 3.8) is 0 Å². The van der Waals surface area contributed by atoms with Crippen molar-refractivity contribution in [1.29, 1.82) is 0 Å². The third-order valence-corrected chi connectivity index (χ3v) is 5.09. The van der Waals surface area contributed by atoms with Crippen LogP contribution >= 0.6 is 0 Å². The Labute approximate surface area is 122 Å². The number of anilines is 1. The van der Waals surface area contributed by atoms with E-state index < -0.39 is 16.1 Å². The van der Waals surface area contributed by atoms with Gasteiger partial charge in [0.15, 0.2) is 0 Å². The van der Waals surface area contributed by atoms with Gasteiger partial charge in [-0.15, -0.1) is 0 Å². The lowest BCUT2D eigenvalue weighted by atomic mass is 10.2. The van der Waals surface area contributed by atoms with Crippen LogP contribution in [0.4, 0.5) is 5.82 Å². The van der Waals surface area contributed by atoms with Gasteiger partial charge in [-0.25, -0.2) is 8.42 Å². The topological polar surface area (TPSA) is 130 Å². The number of amides is 1. The molecule has 0 aliphatic carbocycles. The number of nitrogens with one attached hydrogen (secondary N) is 2. The summed E-state index contributed by atoms with van der Waals surface area (Å²) in [6.45, 7) is 2.74. The molecule has 0 spiro atoms. The standard InChI is InChI=1S/C11H19N5O4S/c1-2-3-13-11(17)8-7-20-5-4-16(8)21(18,19)9-6-14-15-10(9)12/h6,8H,2-5,7H2,1H3,(H,13,17)(H3,12,14,15). The van der Waals surface area contributed by atoms with Crippen LogP contribution in [0, 0.1) is 0 Å². The van der Waals surface area contributed by atoms with Crippen molar-refractivity contribution >= 4 is 21.7 Å². The van der Waals surface area contributed by atoms with Gasteiger partial charge >= 0.3 is 0 Å². The summed E-state index contributed by atoms with van der Waals surface area (Å²) in [6.07, 6.45) is 1.90. The first-order chi connectivity index (χ1) is 9.98. The average Bonchev–Trinajstić information content (AvgIpc) is 2.91. The van der Waals surface area contributed by atoms with Gasteiger partial charge in [-0.1, -0.05) is 6.92 Å². The van der Waals surface area contributed by atoms with E-state index in [1.807, 2.05) is 6.92 Å². The van der Waals surface area contributed by atoms with Crippen molar-refractivity contribution in [3.8, 4) is 0 Å². The third-order valence-electron chi connectivity index (χ3n) is 3.15. The maximum atomic E-state index is 12.6. The molecule has 10 heteroatoms. The summed E-state index contributed by atoms with van der Waals surface area (Å²) in [4.78, 5) is 12.0. The van der Waals surface area contributed by atoms with E-state index in [1.54, 1.807) is 0 Å². The average molecular weight is 317 g/mol. The van der Waals surface area contributed by atoms with Gasteiger partial charge in [0.05, 0.1) is 19.4 Å². The number of H-pyrrole nitrogens is 1. The second kappa shape index (κ2) is 6.41. The largest absolute Gasteiger partial charge is 0.383 e. The molecule has 1 amide bonds. The predicted molar refractivity (Wildman–Crippen MR) is 74.8 cm³/mol. The summed E-state index contributed by atoms with van der Waals surface area (Å²) in [5.74, 6) is -0.420. The number of aromatic nitrogens is 2. The summed E-state index contributed by atoms with van der Waals surface area (Å²) in [6, 6.07) is -0.899. The number of carbonyl (C=O) groups is 1. The molecule has 0 radical (unpaired) electrons. The number of nitrogen functional groups attached to an aromatic ring is 1. The van der Waals surface area contributed by atoms with E-state index in [9.17, 15) is 13.2 Å². The lowest BCUT2D eigenvalue weighted by Crippen LogP contribution is -2.55. The molecule has 1 fully saturated rings. The zero-order chi connectivity index (χ0) is 15.5. The van der Waals surface area contributed by atoms with Gasteiger partial charge in [0.1, 0.15) is 16.8 Å². The van der Waals surface area contributed by atoms with Crippen molar-refractivity contribution < 1.29 is 17.9 Å². The van der Waals surface area contributed by atoms with E-state index in [0.717, 1.165) is 16.9 Å². The van der Waals surface area contributed by atoms with Crippen LogP contribution in [0.5, 0.6) is 0 Å². The maximum Gasteiger partial charge on any atom is 0.249 e. The molecule has 1 aromatic heterocycles. The minimum absolute atomic E-state index is 0.0204. The summed E-state index contributed by atoms with van der Waals surface area (Å²) in [5.41, 5.74) is 5.58. The highest BCUT2D eigenvalue weighted by molar-refractivity contribution is 7.89. The second-order valence-corrected chi connectivity index (χ2v) is 6.50. The van der Waals surface area contributed by atoms with Crippen molar-refractivity contribution in [2.24, 2.45) is 0 Å². The summed E-state index contributed by atoms with van der Waals surface area (Å²) < 4.78 is 31.6. The van der Waals surface area contributed by atoms with Crippen LogP contribution < -0.4 is 11.1 Å². The molecule has 0 saturated carbocycles. The smallest absolute Gasteiger partial charge is 0.249 e. The SMILES string of the molecule is CCCNC(=O)C1COCCN1S(=O)(=O)c1cn[nH]c1N. The molecule has 2 heterocycles. The number of morpholine rings is 1. The number of sulfonamides is 1. The number of rotatable bonds is 5. The van der Waals surface area contributed by atoms with Gasteiger partial charge < -0.3 is 15.8 Å². The van der Waals surface area contributed by atoms with Crippen molar-refractivity contribution in [2.75, 3.05) is 32.0 Å². The lowest BCUT2D eigenvalue weighted by Gasteiger charge is -2.33. The first-order valence-electron chi connectivity index (χ1n) is 6.64. The molecule has 1 atom stereocenters. The van der Waals surface area contributed by atoms with Gasteiger partial charge in [-0.2, -0.15) is 9.40 Å². The van der Waals surface area contributed by atoms with E-state index >= 15 is 0 Å². The molecule has 9 nitrogen and oxygen atoms in total. The Kier molecular flexibility index (Phi) is 4.80. The summed E-state index contributed by atoms with van der Waals surface area (Å²) >= 11 is 0. The fourth-order valence-electron chi connectivity index (χ4n) is 2.07. The summed E-state index contributed by atoms with van der Waals surface area (Å²) in [7, 11) is -3.89. The molecule has 1 aliphatic rings. The number of carbonyl (C=O) groups excluding carboxylic acids is 1. The fourth-order valence-corrected chi connectivity index (χ4v) is 3.63. The van der Waals surface area contributed by atoms with E-state index in [4.69, 9.17) is 10.5 Å². The zero-order valence-corrected chi connectivity index (χ0v) is 12.5. The van der Waals surface area contributed by atoms with Crippen LogP contribution in [0.1, 0.15) is 13.3 Å². The Bertz CT molecular complexity index is 600. The van der Waals surface area contributed by atoms with E-state index in [2.05, 4.69) is 15.5 Å². The lowest BCUT2D eigenvalue weighted by molar-refractivity contribution is -0.129. The molecular weight excluding hydrogens is 298 g/mol. The first kappa shape index (κ1) is 15.7. The van der Waals surface area contributed by atoms with Gasteiger partial charge in [-0.3, -0.25) is 9.89 Å². The Balaban J connectivity index is 2.26. The molecule has 4 N–H and O–H groups in total. The third kappa shape index (κ3) is 3.17. The molecule has 21 heavy (non-hydrogen) atoms. The van der Waals surface area contributed by atoms with E-state index in [-0.39, 0.29) is 36.4 Å². The number of nitrogens with zero attached hydrogens (tertiary/aromatic N) is 2. The minimum atomic E-state index is -3.89. The van der Waals surface area contributed by atoms with Gasteiger partial charge in [0.2, 0.25) is 15.9 Å². The van der Waals surface area contributed by atoms with Crippen LogP contribution in [0.2, 0.25) is 0 Å². The Morgan fingerprint density at radius 1 is 1.67 bits per heavy atom. The molecule has 2 rings (SSSR count). The normalized spacial score (nSPS) is 20.3. The van der Waals surface area contributed by atoms with Crippen LogP contribution in [-0.2, 0) is 19.6 Å². The molecule has 1 aliphatic heterocycles. The van der Waals surface area contributed by atoms with Crippen molar-refractivity contribution in [1.82, 2.24) is 19.8 Å². The van der Waals surface area contributed by atoms with Crippen LogP contribution in [0.3, 0.4) is 0 Å². The fraction of sp³-hybridized carbons (Fsp3) is 0.636. The Morgan fingerprint density at radius 2 is 2.43 bits per heavy atom. The Hall–Kier alpha value is -1.65. The highest BCUT2D eigenvalue weighted by Gasteiger charge is 2.39. The van der Waals surface area contributed by atoms with E-state index in [1.165, 1.54) is 0 Å². The highest BCUT2D eigenvalue weighted by Crippen LogP contribution is 2.23. The first-order valence-corrected chi connectivity index (χ1v) is 8.08. The van der Waals surface area contributed by atoms with Crippen molar-refractivity contribution in [3.05, 3.63) is 6.20 Å². The van der Waals surface area contributed by atoms with Gasteiger partial charge in [0.25, 0.3) is 0 Å². The highest BCUT2D eigenvalue weighted by atomic mass is 32.2. The van der Waals surface area contributed by atoms with Crippen molar-refractivity contribution in [2.45, 2.75) is 24.3 Å². The summed E-state index contributed by atoms with van der Waals surface area (Å²) in [5, 5.41) is 8.68. The molecule has 118 valence electrons. The van der Waals surface area contributed by atoms with Gasteiger partial charge in [-0.05, 0) is 6.42 Å². The molecule has 0 aromatic carbocycles. The van der Waals surface area contributed by atoms with Crippen LogP contribution in [0.15, 0.2) is 11.1 Å². The number of hydrogen-bond acceptors (Lipinski definition) is 6. The van der Waals surface area contributed by atoms with Crippen LogP contribution in [-0.4, -0.2) is 61.2 Å². The van der Waals surface area contributed by atoms with Crippen LogP contribution in [0.25, 0.3) is 0 Å².